The second-order valence-electron chi connectivity index (χ2n) is 7.47. The maximum absolute atomic E-state index is 13.6. The molecule has 0 aliphatic carbocycles. The molecule has 0 spiro atoms. The van der Waals surface area contributed by atoms with E-state index >= 15 is 0 Å². The van der Waals surface area contributed by atoms with Crippen LogP contribution in [0.1, 0.15) is 29.9 Å². The van der Waals surface area contributed by atoms with Crippen LogP contribution in [-0.2, 0) is 4.79 Å². The fraction of sp³-hybridized carbons (Fsp3) is 0.217. The van der Waals surface area contributed by atoms with Crippen molar-refractivity contribution >= 4 is 17.7 Å². The summed E-state index contributed by atoms with van der Waals surface area (Å²) in [6, 6.07) is 15.1. The monoisotopic (exact) mass is 444 g/mol. The van der Waals surface area contributed by atoms with E-state index in [0.717, 1.165) is 16.8 Å². The van der Waals surface area contributed by atoms with Crippen LogP contribution in [0.25, 0.3) is 17.5 Å². The van der Waals surface area contributed by atoms with Gasteiger partial charge in [0.2, 0.25) is 0 Å². The van der Waals surface area contributed by atoms with Crippen molar-refractivity contribution < 1.29 is 9.53 Å². The summed E-state index contributed by atoms with van der Waals surface area (Å²) >= 11 is 0. The number of methoxy groups -OCH3 is 1. The maximum atomic E-state index is 13.6. The number of tetrazole rings is 1. The Morgan fingerprint density at radius 2 is 1.97 bits per heavy atom. The second-order valence-corrected chi connectivity index (χ2v) is 7.47. The minimum absolute atomic E-state index is 0.201. The number of nitrogens with zero attached hydrogens (tertiary/aromatic N) is 8. The van der Waals surface area contributed by atoms with Gasteiger partial charge in [-0.2, -0.15) is 9.78 Å². The Bertz CT molecular complexity index is 1260. The van der Waals surface area contributed by atoms with E-state index in [1.54, 1.807) is 43.1 Å². The van der Waals surface area contributed by atoms with Gasteiger partial charge in [-0.15, -0.1) is 5.10 Å². The summed E-state index contributed by atoms with van der Waals surface area (Å²) in [5, 5.41) is 15.8. The summed E-state index contributed by atoms with van der Waals surface area (Å²) in [5.74, 6) is 0.981. The minimum atomic E-state index is -0.221. The number of hydrogen-bond acceptors (Lipinski definition) is 7. The lowest BCUT2D eigenvalue weighted by Gasteiger charge is -2.26. The third kappa shape index (κ3) is 4.64. The molecule has 0 radical (unpaired) electrons. The number of hydrogen-bond donors (Lipinski definition) is 0. The van der Waals surface area contributed by atoms with Crippen LogP contribution in [-0.4, -0.2) is 59.9 Å². The van der Waals surface area contributed by atoms with Crippen molar-refractivity contribution in [1.29, 1.82) is 0 Å². The molecule has 2 aromatic carbocycles. The van der Waals surface area contributed by atoms with E-state index in [2.05, 4.69) is 25.6 Å². The lowest BCUT2D eigenvalue weighted by atomic mass is 10.1. The molecule has 0 aliphatic heterocycles. The number of aromatic nitrogens is 7. The van der Waals surface area contributed by atoms with Crippen LogP contribution in [0.2, 0.25) is 0 Å². The first-order valence-corrected chi connectivity index (χ1v) is 10.3. The molecule has 0 aliphatic rings. The highest BCUT2D eigenvalue weighted by Crippen LogP contribution is 2.25. The summed E-state index contributed by atoms with van der Waals surface area (Å²) in [5.41, 5.74) is 2.99. The summed E-state index contributed by atoms with van der Waals surface area (Å²) in [4.78, 5) is 19.2. The van der Waals surface area contributed by atoms with Gasteiger partial charge in [0.1, 0.15) is 24.1 Å². The Labute approximate surface area is 191 Å². The van der Waals surface area contributed by atoms with E-state index in [0.29, 0.717) is 17.3 Å². The van der Waals surface area contributed by atoms with Gasteiger partial charge >= 0.3 is 0 Å². The molecule has 168 valence electrons. The van der Waals surface area contributed by atoms with Gasteiger partial charge in [-0.3, -0.25) is 4.79 Å². The van der Waals surface area contributed by atoms with Gasteiger partial charge in [-0.25, -0.2) is 9.67 Å². The predicted molar refractivity (Wildman–Crippen MR) is 122 cm³/mol. The summed E-state index contributed by atoms with van der Waals surface area (Å²) in [7, 11) is 3.36. The zero-order valence-corrected chi connectivity index (χ0v) is 18.8. The molecule has 33 heavy (non-hydrogen) atoms. The van der Waals surface area contributed by atoms with Crippen LogP contribution in [0, 0.1) is 6.92 Å². The smallest absolute Gasteiger partial charge is 0.272 e. The number of ether oxygens (including phenoxy) is 1. The van der Waals surface area contributed by atoms with E-state index in [4.69, 9.17) is 4.74 Å². The number of benzene rings is 2. The second kappa shape index (κ2) is 9.43. The summed E-state index contributed by atoms with van der Waals surface area (Å²) in [6.45, 7) is 3.72. The Morgan fingerprint density at radius 3 is 2.61 bits per heavy atom. The minimum Gasteiger partial charge on any atom is -0.497 e. The number of carbonyl (C=O) groups is 1. The Morgan fingerprint density at radius 1 is 1.18 bits per heavy atom. The SMILES string of the molecule is COc1cccc(/C=C(/C(=O)N(C)C(C)c2ccc(-n3cncn3)cc2)n2nnnc2C)c1. The predicted octanol–water partition coefficient (Wildman–Crippen LogP) is 2.79. The molecule has 1 amide bonds. The standard InChI is InChI=1S/C23H24N8O2/c1-16(19-8-10-20(11-9-19)30-15-24-14-25-30)29(3)23(32)22(31-17(2)26-27-28-31)13-18-6-5-7-21(12-18)33-4/h5-16H,1-4H3/b22-13-. The van der Waals surface area contributed by atoms with Crippen LogP contribution in [0.15, 0.2) is 61.2 Å². The first-order chi connectivity index (χ1) is 16.0. The van der Waals surface area contributed by atoms with E-state index < -0.39 is 0 Å². The van der Waals surface area contributed by atoms with Crippen molar-refractivity contribution in [3.63, 3.8) is 0 Å². The molecule has 1 atom stereocenters. The van der Waals surface area contributed by atoms with Crippen molar-refractivity contribution in [1.82, 2.24) is 39.9 Å². The normalized spacial score (nSPS) is 12.4. The van der Waals surface area contributed by atoms with Crippen LogP contribution >= 0.6 is 0 Å². The van der Waals surface area contributed by atoms with Gasteiger partial charge in [0, 0.05) is 7.05 Å². The fourth-order valence-electron chi connectivity index (χ4n) is 3.38. The summed E-state index contributed by atoms with van der Waals surface area (Å²) < 4.78 is 8.43. The molecule has 10 heteroatoms. The first-order valence-electron chi connectivity index (χ1n) is 10.3. The molecule has 0 saturated heterocycles. The maximum Gasteiger partial charge on any atom is 0.272 e. The number of likely N-dealkylation sites (N-methyl/N-ethyl adjacent to an activating group) is 1. The first kappa shape index (κ1) is 21.9. The van der Waals surface area contributed by atoms with Gasteiger partial charge in [0.15, 0.2) is 5.82 Å². The van der Waals surface area contributed by atoms with Crippen molar-refractivity contribution in [2.45, 2.75) is 19.9 Å². The average molecular weight is 444 g/mol. The van der Waals surface area contributed by atoms with Gasteiger partial charge in [0.25, 0.3) is 5.91 Å². The molecule has 1 unspecified atom stereocenters. The third-order valence-corrected chi connectivity index (χ3v) is 5.43. The van der Waals surface area contributed by atoms with Gasteiger partial charge in [-0.05, 0) is 65.7 Å². The number of aryl methyl sites for hydroxylation is 1. The van der Waals surface area contributed by atoms with Crippen molar-refractivity contribution in [2.24, 2.45) is 0 Å². The average Bonchev–Trinajstić information content (AvgIpc) is 3.53. The van der Waals surface area contributed by atoms with Crippen LogP contribution in [0.5, 0.6) is 5.75 Å². The van der Waals surface area contributed by atoms with Crippen LogP contribution in [0.3, 0.4) is 0 Å². The van der Waals surface area contributed by atoms with Crippen LogP contribution < -0.4 is 4.74 Å². The largest absolute Gasteiger partial charge is 0.497 e. The third-order valence-electron chi connectivity index (χ3n) is 5.43. The zero-order valence-electron chi connectivity index (χ0n) is 18.8. The molecular formula is C23H24N8O2. The highest BCUT2D eigenvalue weighted by atomic mass is 16.5. The van der Waals surface area contributed by atoms with Crippen molar-refractivity contribution in [3.05, 3.63) is 78.1 Å². The molecule has 2 heterocycles. The van der Waals surface area contributed by atoms with E-state index in [9.17, 15) is 4.79 Å². The molecule has 0 saturated carbocycles. The molecule has 4 aromatic rings. The molecule has 0 bridgehead atoms. The van der Waals surface area contributed by atoms with Gasteiger partial charge in [-0.1, -0.05) is 24.3 Å². The molecular weight excluding hydrogens is 420 g/mol. The van der Waals surface area contributed by atoms with E-state index in [1.807, 2.05) is 55.5 Å². The van der Waals surface area contributed by atoms with E-state index in [1.165, 1.54) is 11.0 Å². The number of rotatable bonds is 7. The zero-order chi connectivity index (χ0) is 23.4. The van der Waals surface area contributed by atoms with Gasteiger partial charge in [0.05, 0.1) is 18.8 Å². The molecule has 10 nitrogen and oxygen atoms in total. The highest BCUT2D eigenvalue weighted by molar-refractivity contribution is 6.18. The lowest BCUT2D eigenvalue weighted by Crippen LogP contribution is -2.32. The summed E-state index contributed by atoms with van der Waals surface area (Å²) in [6.07, 6.45) is 4.88. The quantitative estimate of drug-likeness (QED) is 0.404. The number of amides is 1. The van der Waals surface area contributed by atoms with Crippen LogP contribution in [0.4, 0.5) is 0 Å². The molecule has 2 aromatic heterocycles. The Balaban J connectivity index is 1.64. The molecule has 4 rings (SSSR count). The Kier molecular flexibility index (Phi) is 6.25. The van der Waals surface area contributed by atoms with E-state index in [-0.39, 0.29) is 11.9 Å². The lowest BCUT2D eigenvalue weighted by molar-refractivity contribution is -0.126. The molecule has 0 fully saturated rings. The van der Waals surface area contributed by atoms with Crippen molar-refractivity contribution in [3.8, 4) is 11.4 Å². The highest BCUT2D eigenvalue weighted by Gasteiger charge is 2.24. The topological polar surface area (TPSA) is 104 Å². The molecule has 0 N–H and O–H groups in total. The number of carbonyl (C=O) groups excluding carboxylic acids is 1. The van der Waals surface area contributed by atoms with Crippen molar-refractivity contribution in [2.75, 3.05) is 14.2 Å². The fourth-order valence-corrected chi connectivity index (χ4v) is 3.38. The van der Waals surface area contributed by atoms with Gasteiger partial charge < -0.3 is 9.64 Å². The Hall–Kier alpha value is -4.34.